The third-order valence-electron chi connectivity index (χ3n) is 4.15. The van der Waals surface area contributed by atoms with E-state index in [9.17, 15) is 9.59 Å². The molecule has 8 heteroatoms. The molecule has 0 radical (unpaired) electrons. The first-order valence-corrected chi connectivity index (χ1v) is 10.00. The third-order valence-corrected chi connectivity index (χ3v) is 5.34. The van der Waals surface area contributed by atoms with E-state index in [4.69, 9.17) is 28.6 Å². The van der Waals surface area contributed by atoms with E-state index in [0.29, 0.717) is 34.2 Å². The van der Waals surface area contributed by atoms with Crippen LogP contribution < -0.4 is 15.0 Å². The number of carbonyl (C=O) groups excluding carboxylic acids is 2. The van der Waals surface area contributed by atoms with E-state index in [1.54, 1.807) is 37.3 Å². The van der Waals surface area contributed by atoms with Crippen LogP contribution in [0.3, 0.4) is 0 Å². The van der Waals surface area contributed by atoms with Crippen LogP contribution in [-0.2, 0) is 9.59 Å². The van der Waals surface area contributed by atoms with Gasteiger partial charge in [0.2, 0.25) is 0 Å². The van der Waals surface area contributed by atoms with Gasteiger partial charge in [-0.15, -0.1) is 0 Å². The predicted molar refractivity (Wildman–Crippen MR) is 118 cm³/mol. The molecule has 0 bridgehead atoms. The minimum atomic E-state index is -0.562. The number of nitrogens with zero attached hydrogens (tertiary/aromatic N) is 1. The molecule has 1 heterocycles. The number of ether oxygens (including phenoxy) is 1. The van der Waals surface area contributed by atoms with Gasteiger partial charge in [-0.2, -0.15) is 0 Å². The van der Waals surface area contributed by atoms with Gasteiger partial charge in [0.15, 0.2) is 5.11 Å². The predicted octanol–water partition coefficient (Wildman–Crippen LogP) is 4.64. The van der Waals surface area contributed by atoms with Crippen molar-refractivity contribution in [3.05, 3.63) is 62.6 Å². The number of carbonyl (C=O) groups is 2. The summed E-state index contributed by atoms with van der Waals surface area (Å²) in [7, 11) is 0. The van der Waals surface area contributed by atoms with E-state index in [2.05, 4.69) is 21.2 Å². The minimum absolute atomic E-state index is 0.0109. The molecule has 2 aromatic carbocycles. The molecular weight excluding hydrogens is 464 g/mol. The number of amides is 2. The molecule has 1 fully saturated rings. The molecule has 1 aliphatic rings. The maximum absolute atomic E-state index is 13.2. The Morgan fingerprint density at radius 1 is 1.29 bits per heavy atom. The highest BCUT2D eigenvalue weighted by Crippen LogP contribution is 2.31. The summed E-state index contributed by atoms with van der Waals surface area (Å²) in [5.74, 6) is -0.521. The maximum Gasteiger partial charge on any atom is 0.270 e. The number of thiocarbonyl (C=S) groups is 1. The van der Waals surface area contributed by atoms with Gasteiger partial charge in [0.05, 0.1) is 12.3 Å². The van der Waals surface area contributed by atoms with Crippen molar-refractivity contribution in [2.24, 2.45) is 0 Å². The van der Waals surface area contributed by atoms with Crippen molar-refractivity contribution in [1.82, 2.24) is 5.32 Å². The lowest BCUT2D eigenvalue weighted by atomic mass is 10.1. The van der Waals surface area contributed by atoms with Crippen LogP contribution in [0, 0.1) is 6.92 Å². The van der Waals surface area contributed by atoms with Gasteiger partial charge in [-0.3, -0.25) is 19.8 Å². The fraction of sp³-hybridized carbons (Fsp3) is 0.150. The molecule has 2 amide bonds. The zero-order valence-corrected chi connectivity index (χ0v) is 18.2. The Balaban J connectivity index is 2.10. The standard InChI is InChI=1S/C20H16BrClN2O3S/c1-3-27-17-8-7-13(21)9-12(17)10-14-18(25)23-20(28)24(19(14)26)16-6-4-5-15(22)11(16)2/h4-10H,3H2,1-2H3,(H,23,25,28)/b14-10+. The fourth-order valence-corrected chi connectivity index (χ4v) is 3.61. The van der Waals surface area contributed by atoms with Gasteiger partial charge >= 0.3 is 0 Å². The number of halogens is 2. The van der Waals surface area contributed by atoms with Gasteiger partial charge in [0.25, 0.3) is 11.8 Å². The molecule has 1 saturated heterocycles. The fourth-order valence-electron chi connectivity index (χ4n) is 2.79. The Hall–Kier alpha value is -2.22. The van der Waals surface area contributed by atoms with E-state index in [1.807, 2.05) is 13.0 Å². The molecule has 3 rings (SSSR count). The number of nitrogens with one attached hydrogen (secondary N) is 1. The molecule has 0 unspecified atom stereocenters. The molecule has 144 valence electrons. The van der Waals surface area contributed by atoms with E-state index < -0.39 is 11.8 Å². The van der Waals surface area contributed by atoms with E-state index in [1.165, 1.54) is 11.0 Å². The second-order valence-electron chi connectivity index (χ2n) is 5.96. The molecule has 5 nitrogen and oxygen atoms in total. The quantitative estimate of drug-likeness (QED) is 0.394. The maximum atomic E-state index is 13.2. The van der Waals surface area contributed by atoms with Crippen molar-refractivity contribution < 1.29 is 14.3 Å². The van der Waals surface area contributed by atoms with Gasteiger partial charge in [0.1, 0.15) is 11.3 Å². The summed E-state index contributed by atoms with van der Waals surface area (Å²) < 4.78 is 6.40. The number of benzene rings is 2. The zero-order chi connectivity index (χ0) is 20.4. The first kappa shape index (κ1) is 20.5. The largest absolute Gasteiger partial charge is 0.493 e. The normalized spacial score (nSPS) is 15.8. The lowest BCUT2D eigenvalue weighted by Crippen LogP contribution is -2.54. The molecule has 2 aromatic rings. The third kappa shape index (κ3) is 3.97. The summed E-state index contributed by atoms with van der Waals surface area (Å²) in [6, 6.07) is 10.6. The summed E-state index contributed by atoms with van der Waals surface area (Å²) in [6.45, 7) is 4.10. The Kier molecular flexibility index (Phi) is 6.17. The Labute approximate surface area is 181 Å². The minimum Gasteiger partial charge on any atom is -0.493 e. The summed E-state index contributed by atoms with van der Waals surface area (Å²) >= 11 is 14.8. The molecule has 0 saturated carbocycles. The molecule has 0 atom stereocenters. The van der Waals surface area contributed by atoms with Gasteiger partial charge in [-0.05, 0) is 68.0 Å². The molecule has 1 aliphatic heterocycles. The van der Waals surface area contributed by atoms with Crippen molar-refractivity contribution in [2.45, 2.75) is 13.8 Å². The molecule has 0 spiro atoms. The number of hydrogen-bond donors (Lipinski definition) is 1. The van der Waals surface area contributed by atoms with Crippen molar-refractivity contribution in [2.75, 3.05) is 11.5 Å². The summed E-state index contributed by atoms with van der Waals surface area (Å²) in [5, 5.41) is 3.09. The van der Waals surface area contributed by atoms with Crippen molar-refractivity contribution in [3.8, 4) is 5.75 Å². The topological polar surface area (TPSA) is 58.6 Å². The van der Waals surface area contributed by atoms with E-state index in [-0.39, 0.29) is 10.7 Å². The number of anilines is 1. The molecule has 1 N–H and O–H groups in total. The van der Waals surface area contributed by atoms with Crippen LogP contribution in [0.1, 0.15) is 18.1 Å². The smallest absolute Gasteiger partial charge is 0.270 e. The van der Waals surface area contributed by atoms with Crippen LogP contribution in [0.15, 0.2) is 46.4 Å². The highest BCUT2D eigenvalue weighted by Gasteiger charge is 2.35. The summed E-state index contributed by atoms with van der Waals surface area (Å²) in [4.78, 5) is 27.0. The molecule has 0 aromatic heterocycles. The van der Waals surface area contributed by atoms with Crippen molar-refractivity contribution >= 4 is 68.4 Å². The van der Waals surface area contributed by atoms with Crippen molar-refractivity contribution in [1.29, 1.82) is 0 Å². The second kappa shape index (κ2) is 8.43. The molecular formula is C20H16BrClN2O3S. The average molecular weight is 480 g/mol. The van der Waals surface area contributed by atoms with E-state index >= 15 is 0 Å². The van der Waals surface area contributed by atoms with Crippen LogP contribution in [0.2, 0.25) is 5.02 Å². The molecule has 28 heavy (non-hydrogen) atoms. The first-order valence-electron chi connectivity index (χ1n) is 8.42. The zero-order valence-electron chi connectivity index (χ0n) is 15.1. The highest BCUT2D eigenvalue weighted by molar-refractivity contribution is 9.10. The first-order chi connectivity index (χ1) is 13.3. The van der Waals surface area contributed by atoms with Crippen LogP contribution in [0.4, 0.5) is 5.69 Å². The van der Waals surface area contributed by atoms with Crippen LogP contribution >= 0.6 is 39.7 Å². The van der Waals surface area contributed by atoms with Crippen LogP contribution in [-0.4, -0.2) is 23.5 Å². The monoisotopic (exact) mass is 478 g/mol. The Morgan fingerprint density at radius 2 is 2.04 bits per heavy atom. The van der Waals surface area contributed by atoms with Gasteiger partial charge in [0, 0.05) is 15.1 Å². The van der Waals surface area contributed by atoms with Crippen LogP contribution in [0.5, 0.6) is 5.75 Å². The lowest BCUT2D eigenvalue weighted by Gasteiger charge is -2.30. The van der Waals surface area contributed by atoms with Gasteiger partial charge in [-0.1, -0.05) is 33.6 Å². The summed E-state index contributed by atoms with van der Waals surface area (Å²) in [5.41, 5.74) is 1.76. The lowest BCUT2D eigenvalue weighted by molar-refractivity contribution is -0.122. The highest BCUT2D eigenvalue weighted by atomic mass is 79.9. The Bertz CT molecular complexity index is 1020. The van der Waals surface area contributed by atoms with Crippen molar-refractivity contribution in [3.63, 3.8) is 0 Å². The van der Waals surface area contributed by atoms with Crippen LogP contribution in [0.25, 0.3) is 6.08 Å². The Morgan fingerprint density at radius 3 is 2.75 bits per heavy atom. The number of rotatable bonds is 4. The SMILES string of the molecule is CCOc1ccc(Br)cc1/C=C1\C(=O)NC(=S)N(c2cccc(Cl)c2C)C1=O. The molecule has 0 aliphatic carbocycles. The van der Waals surface area contributed by atoms with E-state index in [0.717, 1.165) is 4.47 Å². The van der Waals surface area contributed by atoms with Gasteiger partial charge < -0.3 is 4.74 Å². The second-order valence-corrected chi connectivity index (χ2v) is 7.67. The average Bonchev–Trinajstić information content (AvgIpc) is 2.64. The summed E-state index contributed by atoms with van der Waals surface area (Å²) in [6.07, 6.45) is 1.50. The van der Waals surface area contributed by atoms with Gasteiger partial charge in [-0.25, -0.2) is 0 Å². The number of hydrogen-bond acceptors (Lipinski definition) is 4.